The normalized spacial score (nSPS) is 12.6. The maximum Gasteiger partial charge on any atom is 0.242 e. The molecule has 0 aliphatic rings. The van der Waals surface area contributed by atoms with E-state index in [0.29, 0.717) is 5.56 Å². The zero-order chi connectivity index (χ0) is 15.0. The predicted octanol–water partition coefficient (Wildman–Crippen LogP) is 0.812. The van der Waals surface area contributed by atoms with Crippen LogP contribution in [0.5, 0.6) is 0 Å². The van der Waals surface area contributed by atoms with Crippen LogP contribution in [0.1, 0.15) is 19.4 Å². The molecule has 1 aromatic rings. The molecule has 20 heavy (non-hydrogen) atoms. The quantitative estimate of drug-likeness (QED) is 0.759. The minimum Gasteiger partial charge on any atom is -0.320 e. The number of rotatable bonds is 6. The number of hydrogen-bond donors (Lipinski definition) is 2. The molecule has 0 amide bonds. The summed E-state index contributed by atoms with van der Waals surface area (Å²) < 4.78 is 27.0. The van der Waals surface area contributed by atoms with Crippen LogP contribution in [0, 0.1) is 11.8 Å². The van der Waals surface area contributed by atoms with Gasteiger partial charge in [-0.05, 0) is 18.7 Å². The van der Waals surface area contributed by atoms with Crippen LogP contribution in [-0.4, -0.2) is 37.5 Å². The number of sulfonamides is 1. The van der Waals surface area contributed by atoms with Crippen molar-refractivity contribution < 1.29 is 8.42 Å². The maximum atomic E-state index is 12.2. The number of pyridine rings is 1. The van der Waals surface area contributed by atoms with Crippen molar-refractivity contribution in [3.05, 3.63) is 24.0 Å². The molecule has 0 aliphatic carbocycles. The molecule has 1 atom stereocenters. The molecular formula is C13H19N3O2S2. The van der Waals surface area contributed by atoms with Crippen LogP contribution in [0.15, 0.2) is 23.4 Å². The molecule has 110 valence electrons. The average Bonchev–Trinajstić information content (AvgIpc) is 2.42. The third-order valence-electron chi connectivity index (χ3n) is 2.29. The lowest BCUT2D eigenvalue weighted by Gasteiger charge is -2.13. The Morgan fingerprint density at radius 3 is 2.90 bits per heavy atom. The molecule has 0 radical (unpaired) electrons. The Balaban J connectivity index is 2.87. The van der Waals surface area contributed by atoms with Crippen LogP contribution in [-0.2, 0) is 10.0 Å². The molecule has 1 rings (SSSR count). The lowest BCUT2D eigenvalue weighted by molar-refractivity contribution is 0.570. The van der Waals surface area contributed by atoms with E-state index >= 15 is 0 Å². The summed E-state index contributed by atoms with van der Waals surface area (Å²) in [5.74, 6) is 7.13. The Morgan fingerprint density at radius 1 is 1.50 bits per heavy atom. The maximum absolute atomic E-state index is 12.2. The average molecular weight is 313 g/mol. The highest BCUT2D eigenvalue weighted by Gasteiger charge is 2.17. The molecule has 0 aliphatic heterocycles. The molecule has 5 nitrogen and oxygen atoms in total. The van der Waals surface area contributed by atoms with Gasteiger partial charge in [0.2, 0.25) is 10.0 Å². The minimum atomic E-state index is -3.56. The second-order valence-electron chi connectivity index (χ2n) is 4.10. The number of nitrogens with two attached hydrogens (primary N) is 1. The monoisotopic (exact) mass is 313 g/mol. The first-order chi connectivity index (χ1) is 9.49. The molecule has 0 aromatic carbocycles. The van der Waals surface area contributed by atoms with Crippen LogP contribution in [0.3, 0.4) is 0 Å². The number of hydrogen-bond acceptors (Lipinski definition) is 5. The summed E-state index contributed by atoms with van der Waals surface area (Å²) in [6.07, 6.45) is 2.83. The van der Waals surface area contributed by atoms with Crippen molar-refractivity contribution in [1.82, 2.24) is 9.71 Å². The van der Waals surface area contributed by atoms with Gasteiger partial charge in [-0.15, -0.1) is 0 Å². The van der Waals surface area contributed by atoms with Gasteiger partial charge in [0.1, 0.15) is 4.90 Å². The minimum absolute atomic E-state index is 0.120. The Hall–Kier alpha value is -1.07. The Morgan fingerprint density at radius 2 is 2.25 bits per heavy atom. The fourth-order valence-corrected chi connectivity index (χ4v) is 3.46. The van der Waals surface area contributed by atoms with Crippen molar-refractivity contribution in [3.8, 4) is 11.8 Å². The molecule has 0 saturated heterocycles. The lowest BCUT2D eigenvalue weighted by Crippen LogP contribution is -2.34. The number of aromatic nitrogens is 1. The SMILES string of the molecule is CCSCC(C)NS(=O)(=O)c1cncc(C#CCN)c1. The topological polar surface area (TPSA) is 85.1 Å². The molecule has 0 spiro atoms. The summed E-state index contributed by atoms with van der Waals surface area (Å²) >= 11 is 1.69. The van der Waals surface area contributed by atoms with Crippen LogP contribution in [0.2, 0.25) is 0 Å². The molecule has 1 aromatic heterocycles. The predicted molar refractivity (Wildman–Crippen MR) is 83.0 cm³/mol. The Kier molecular flexibility index (Phi) is 7.02. The van der Waals surface area contributed by atoms with Gasteiger partial charge in [0, 0.05) is 29.8 Å². The van der Waals surface area contributed by atoms with Crippen molar-refractivity contribution in [2.45, 2.75) is 24.8 Å². The van der Waals surface area contributed by atoms with Gasteiger partial charge in [-0.1, -0.05) is 18.8 Å². The van der Waals surface area contributed by atoms with Gasteiger partial charge in [-0.25, -0.2) is 13.1 Å². The van der Waals surface area contributed by atoms with E-state index in [1.165, 1.54) is 18.5 Å². The van der Waals surface area contributed by atoms with E-state index in [0.717, 1.165) is 11.5 Å². The molecule has 7 heteroatoms. The second kappa shape index (κ2) is 8.27. The first-order valence-corrected chi connectivity index (χ1v) is 8.87. The third-order valence-corrected chi connectivity index (χ3v) is 4.99. The third kappa shape index (κ3) is 5.51. The lowest BCUT2D eigenvalue weighted by atomic mass is 10.3. The first-order valence-electron chi connectivity index (χ1n) is 6.23. The standard InChI is InChI=1S/C13H19N3O2S2/c1-3-19-10-11(2)16-20(17,18)13-7-12(5-4-6-14)8-15-9-13/h7-9,11,16H,3,6,10,14H2,1-2H3. The molecule has 0 saturated carbocycles. The van der Waals surface area contributed by atoms with Crippen molar-refractivity contribution in [2.75, 3.05) is 18.1 Å². The van der Waals surface area contributed by atoms with Gasteiger partial charge in [-0.2, -0.15) is 11.8 Å². The first kappa shape index (κ1) is 17.0. The van der Waals surface area contributed by atoms with Gasteiger partial charge in [-0.3, -0.25) is 4.98 Å². The smallest absolute Gasteiger partial charge is 0.242 e. The fraction of sp³-hybridized carbons (Fsp3) is 0.462. The highest BCUT2D eigenvalue weighted by atomic mass is 32.2. The number of thioether (sulfide) groups is 1. The molecule has 3 N–H and O–H groups in total. The Labute approximate surface area is 124 Å². The van der Waals surface area contributed by atoms with E-state index < -0.39 is 10.0 Å². The highest BCUT2D eigenvalue weighted by molar-refractivity contribution is 7.99. The van der Waals surface area contributed by atoms with Crippen molar-refractivity contribution in [1.29, 1.82) is 0 Å². The molecule has 1 unspecified atom stereocenters. The molecule has 0 fully saturated rings. The Bertz CT molecular complexity index is 591. The fourth-order valence-electron chi connectivity index (χ4n) is 1.45. The van der Waals surface area contributed by atoms with E-state index in [9.17, 15) is 8.42 Å². The highest BCUT2D eigenvalue weighted by Crippen LogP contribution is 2.11. The second-order valence-corrected chi connectivity index (χ2v) is 7.13. The molecule has 1 heterocycles. The zero-order valence-corrected chi connectivity index (χ0v) is 13.2. The van der Waals surface area contributed by atoms with Gasteiger partial charge in [0.15, 0.2) is 0 Å². The van der Waals surface area contributed by atoms with Crippen LogP contribution >= 0.6 is 11.8 Å². The summed E-state index contributed by atoms with van der Waals surface area (Å²) in [6.45, 7) is 4.10. The van der Waals surface area contributed by atoms with Gasteiger partial charge in [0.25, 0.3) is 0 Å². The van der Waals surface area contributed by atoms with Crippen molar-refractivity contribution in [3.63, 3.8) is 0 Å². The van der Waals surface area contributed by atoms with E-state index in [-0.39, 0.29) is 17.5 Å². The van der Waals surface area contributed by atoms with Gasteiger partial charge in [0.05, 0.1) is 6.54 Å². The molecule has 0 bridgehead atoms. The largest absolute Gasteiger partial charge is 0.320 e. The van der Waals surface area contributed by atoms with Gasteiger partial charge < -0.3 is 5.73 Å². The van der Waals surface area contributed by atoms with E-state index in [1.807, 2.05) is 13.8 Å². The van der Waals surface area contributed by atoms with Crippen LogP contribution in [0.25, 0.3) is 0 Å². The van der Waals surface area contributed by atoms with E-state index in [4.69, 9.17) is 5.73 Å². The number of nitrogens with zero attached hydrogens (tertiary/aromatic N) is 1. The summed E-state index contributed by atoms with van der Waals surface area (Å²) in [7, 11) is -3.56. The summed E-state index contributed by atoms with van der Waals surface area (Å²) in [5, 5.41) is 0. The summed E-state index contributed by atoms with van der Waals surface area (Å²) in [4.78, 5) is 4.03. The van der Waals surface area contributed by atoms with Gasteiger partial charge >= 0.3 is 0 Å². The number of nitrogens with one attached hydrogen (secondary N) is 1. The summed E-state index contributed by atoms with van der Waals surface area (Å²) in [6, 6.07) is 1.36. The summed E-state index contributed by atoms with van der Waals surface area (Å²) in [5.41, 5.74) is 5.82. The van der Waals surface area contributed by atoms with Crippen molar-refractivity contribution in [2.24, 2.45) is 5.73 Å². The van der Waals surface area contributed by atoms with E-state index in [2.05, 4.69) is 21.5 Å². The van der Waals surface area contributed by atoms with Crippen molar-refractivity contribution >= 4 is 21.8 Å². The van der Waals surface area contributed by atoms with E-state index in [1.54, 1.807) is 11.8 Å². The zero-order valence-electron chi connectivity index (χ0n) is 11.6. The van der Waals surface area contributed by atoms with Crippen LogP contribution in [0.4, 0.5) is 0 Å². The molecular weight excluding hydrogens is 294 g/mol. The van der Waals surface area contributed by atoms with Crippen LogP contribution < -0.4 is 10.5 Å².